The average Bonchev–Trinajstić information content (AvgIpc) is 2.49. The van der Waals surface area contributed by atoms with E-state index < -0.39 is 0 Å². The van der Waals surface area contributed by atoms with Crippen LogP contribution in [-0.2, 0) is 0 Å². The maximum absolute atomic E-state index is 3.76. The Kier molecular flexibility index (Phi) is 7.98. The SMILES string of the molecule is CCCNC(CN(CC)C(C)CC)c1cc(C)ccc1C. The van der Waals surface area contributed by atoms with Crippen LogP contribution in [-0.4, -0.2) is 30.6 Å². The van der Waals surface area contributed by atoms with E-state index in [1.54, 1.807) is 0 Å². The summed E-state index contributed by atoms with van der Waals surface area (Å²) in [5.74, 6) is 0. The molecule has 1 aromatic rings. The molecule has 120 valence electrons. The van der Waals surface area contributed by atoms with Crippen molar-refractivity contribution in [2.75, 3.05) is 19.6 Å². The van der Waals surface area contributed by atoms with Gasteiger partial charge in [-0.3, -0.25) is 4.90 Å². The Morgan fingerprint density at radius 3 is 2.43 bits per heavy atom. The Labute approximate surface area is 131 Å². The normalized spacial score (nSPS) is 14.4. The van der Waals surface area contributed by atoms with E-state index in [0.717, 1.165) is 19.6 Å². The molecule has 0 heterocycles. The molecular weight excluding hydrogens is 256 g/mol. The smallest absolute Gasteiger partial charge is 0.0452 e. The molecule has 0 aromatic heterocycles. The molecule has 0 fully saturated rings. The molecule has 2 heteroatoms. The van der Waals surface area contributed by atoms with Crippen LogP contribution in [0, 0.1) is 13.8 Å². The van der Waals surface area contributed by atoms with Crippen LogP contribution in [0.1, 0.15) is 63.3 Å². The molecule has 0 saturated carbocycles. The van der Waals surface area contributed by atoms with E-state index in [2.05, 4.69) is 70.0 Å². The van der Waals surface area contributed by atoms with Crippen molar-refractivity contribution < 1.29 is 0 Å². The summed E-state index contributed by atoms with van der Waals surface area (Å²) in [6.07, 6.45) is 2.39. The number of hydrogen-bond donors (Lipinski definition) is 1. The first-order valence-corrected chi connectivity index (χ1v) is 8.57. The van der Waals surface area contributed by atoms with Gasteiger partial charge in [-0.1, -0.05) is 44.5 Å². The molecule has 21 heavy (non-hydrogen) atoms. The lowest BCUT2D eigenvalue weighted by molar-refractivity contribution is 0.191. The fraction of sp³-hybridized carbons (Fsp3) is 0.684. The van der Waals surface area contributed by atoms with Gasteiger partial charge in [-0.05, 0) is 57.8 Å². The lowest BCUT2D eigenvalue weighted by Gasteiger charge is -2.32. The van der Waals surface area contributed by atoms with Gasteiger partial charge in [0.1, 0.15) is 0 Å². The Balaban J connectivity index is 2.96. The first-order valence-electron chi connectivity index (χ1n) is 8.57. The summed E-state index contributed by atoms with van der Waals surface area (Å²) in [6, 6.07) is 7.89. The quantitative estimate of drug-likeness (QED) is 0.722. The van der Waals surface area contributed by atoms with Crippen molar-refractivity contribution in [3.63, 3.8) is 0 Å². The summed E-state index contributed by atoms with van der Waals surface area (Å²) >= 11 is 0. The second-order valence-electron chi connectivity index (χ2n) is 6.21. The Morgan fingerprint density at radius 2 is 1.86 bits per heavy atom. The molecule has 0 bridgehead atoms. The van der Waals surface area contributed by atoms with E-state index in [1.165, 1.54) is 29.5 Å². The van der Waals surface area contributed by atoms with Crippen molar-refractivity contribution in [3.05, 3.63) is 34.9 Å². The highest BCUT2D eigenvalue weighted by atomic mass is 15.2. The second kappa shape index (κ2) is 9.22. The third-order valence-corrected chi connectivity index (χ3v) is 4.49. The molecular formula is C19H34N2. The van der Waals surface area contributed by atoms with Crippen molar-refractivity contribution >= 4 is 0 Å². The topological polar surface area (TPSA) is 15.3 Å². The predicted octanol–water partition coefficient (Wildman–Crippen LogP) is 4.46. The van der Waals surface area contributed by atoms with Gasteiger partial charge in [0.25, 0.3) is 0 Å². The predicted molar refractivity (Wildman–Crippen MR) is 94.0 cm³/mol. The Hall–Kier alpha value is -0.860. The summed E-state index contributed by atoms with van der Waals surface area (Å²) in [5.41, 5.74) is 4.21. The Morgan fingerprint density at radius 1 is 1.14 bits per heavy atom. The summed E-state index contributed by atoms with van der Waals surface area (Å²) in [7, 11) is 0. The van der Waals surface area contributed by atoms with Crippen molar-refractivity contribution in [3.8, 4) is 0 Å². The fourth-order valence-corrected chi connectivity index (χ4v) is 2.84. The molecule has 0 aliphatic rings. The van der Waals surface area contributed by atoms with Gasteiger partial charge in [-0.2, -0.15) is 0 Å². The van der Waals surface area contributed by atoms with Crippen LogP contribution in [0.5, 0.6) is 0 Å². The first kappa shape index (κ1) is 18.2. The molecule has 1 rings (SSSR count). The number of rotatable bonds is 9. The number of aryl methyl sites for hydroxylation is 2. The number of hydrogen-bond acceptors (Lipinski definition) is 2. The molecule has 0 radical (unpaired) electrons. The zero-order chi connectivity index (χ0) is 15.8. The zero-order valence-electron chi connectivity index (χ0n) is 14.9. The molecule has 0 aliphatic carbocycles. The number of nitrogens with one attached hydrogen (secondary N) is 1. The van der Waals surface area contributed by atoms with Gasteiger partial charge in [0.15, 0.2) is 0 Å². The maximum Gasteiger partial charge on any atom is 0.0452 e. The van der Waals surface area contributed by atoms with E-state index in [4.69, 9.17) is 0 Å². The number of benzene rings is 1. The van der Waals surface area contributed by atoms with E-state index in [-0.39, 0.29) is 0 Å². The highest BCUT2D eigenvalue weighted by Gasteiger charge is 2.19. The van der Waals surface area contributed by atoms with Gasteiger partial charge < -0.3 is 5.32 Å². The van der Waals surface area contributed by atoms with Gasteiger partial charge in [-0.25, -0.2) is 0 Å². The van der Waals surface area contributed by atoms with E-state index in [9.17, 15) is 0 Å². The van der Waals surface area contributed by atoms with Gasteiger partial charge in [0.05, 0.1) is 0 Å². The van der Waals surface area contributed by atoms with Crippen LogP contribution in [0.2, 0.25) is 0 Å². The standard InChI is InChI=1S/C19H34N2/c1-7-12-20-19(14-21(9-3)17(6)8-2)18-13-15(4)10-11-16(18)5/h10-11,13,17,19-20H,7-9,12,14H2,1-6H3. The summed E-state index contributed by atoms with van der Waals surface area (Å²) in [6.45, 7) is 16.8. The molecule has 2 nitrogen and oxygen atoms in total. The minimum Gasteiger partial charge on any atom is -0.309 e. The van der Waals surface area contributed by atoms with Crippen molar-refractivity contribution in [1.82, 2.24) is 10.2 Å². The molecule has 0 aliphatic heterocycles. The molecule has 1 N–H and O–H groups in total. The first-order chi connectivity index (χ1) is 10.0. The van der Waals surface area contributed by atoms with E-state index >= 15 is 0 Å². The summed E-state index contributed by atoms with van der Waals surface area (Å²) in [4.78, 5) is 2.59. The summed E-state index contributed by atoms with van der Waals surface area (Å²) in [5, 5.41) is 3.76. The number of nitrogens with zero attached hydrogens (tertiary/aromatic N) is 1. The Bertz CT molecular complexity index is 414. The fourth-order valence-electron chi connectivity index (χ4n) is 2.84. The third-order valence-electron chi connectivity index (χ3n) is 4.49. The van der Waals surface area contributed by atoms with E-state index in [0.29, 0.717) is 12.1 Å². The highest BCUT2D eigenvalue weighted by Crippen LogP contribution is 2.21. The average molecular weight is 290 g/mol. The lowest BCUT2D eigenvalue weighted by Crippen LogP contribution is -2.40. The van der Waals surface area contributed by atoms with Gasteiger partial charge >= 0.3 is 0 Å². The minimum atomic E-state index is 0.429. The van der Waals surface area contributed by atoms with Gasteiger partial charge in [0, 0.05) is 18.6 Å². The van der Waals surface area contributed by atoms with Crippen molar-refractivity contribution in [2.45, 2.75) is 66.5 Å². The molecule has 0 saturated heterocycles. The maximum atomic E-state index is 3.76. The largest absolute Gasteiger partial charge is 0.309 e. The van der Waals surface area contributed by atoms with Crippen LogP contribution in [0.3, 0.4) is 0 Å². The highest BCUT2D eigenvalue weighted by molar-refractivity contribution is 5.33. The third kappa shape index (κ3) is 5.44. The van der Waals surface area contributed by atoms with Crippen LogP contribution >= 0.6 is 0 Å². The molecule has 1 aromatic carbocycles. The van der Waals surface area contributed by atoms with Crippen LogP contribution in [0.4, 0.5) is 0 Å². The van der Waals surface area contributed by atoms with Crippen molar-refractivity contribution in [2.24, 2.45) is 0 Å². The van der Waals surface area contributed by atoms with Gasteiger partial charge in [0.2, 0.25) is 0 Å². The molecule has 0 amide bonds. The molecule has 2 unspecified atom stereocenters. The number of likely N-dealkylation sites (N-methyl/N-ethyl adjacent to an activating group) is 1. The minimum absolute atomic E-state index is 0.429. The van der Waals surface area contributed by atoms with Crippen LogP contribution in [0.15, 0.2) is 18.2 Å². The van der Waals surface area contributed by atoms with Crippen LogP contribution in [0.25, 0.3) is 0 Å². The van der Waals surface area contributed by atoms with Crippen LogP contribution < -0.4 is 5.32 Å². The molecule has 0 spiro atoms. The van der Waals surface area contributed by atoms with Gasteiger partial charge in [-0.15, -0.1) is 0 Å². The lowest BCUT2D eigenvalue weighted by atomic mass is 9.97. The van der Waals surface area contributed by atoms with Crippen molar-refractivity contribution in [1.29, 1.82) is 0 Å². The van der Waals surface area contributed by atoms with E-state index in [1.807, 2.05) is 0 Å². The summed E-state index contributed by atoms with van der Waals surface area (Å²) < 4.78 is 0. The monoisotopic (exact) mass is 290 g/mol. The molecule has 2 atom stereocenters. The second-order valence-corrected chi connectivity index (χ2v) is 6.21. The zero-order valence-corrected chi connectivity index (χ0v) is 14.9.